The van der Waals surface area contributed by atoms with Crippen molar-refractivity contribution in [3.8, 4) is 0 Å². The summed E-state index contributed by atoms with van der Waals surface area (Å²) in [7, 11) is 1.99. The van der Waals surface area contributed by atoms with E-state index < -0.39 is 5.97 Å². The number of nitrogens with zero attached hydrogens (tertiary/aromatic N) is 2. The fourth-order valence-electron chi connectivity index (χ4n) is 1.69. The summed E-state index contributed by atoms with van der Waals surface area (Å²) in [6.07, 6.45) is 1.41. The van der Waals surface area contributed by atoms with Crippen molar-refractivity contribution in [1.82, 2.24) is 4.98 Å². The van der Waals surface area contributed by atoms with Crippen LogP contribution in [0.5, 0.6) is 0 Å². The summed E-state index contributed by atoms with van der Waals surface area (Å²) in [5.41, 5.74) is 1.12. The maximum Gasteiger partial charge on any atom is 0.337 e. The molecule has 1 atom stereocenters. The van der Waals surface area contributed by atoms with Crippen LogP contribution in [0, 0.1) is 12.8 Å². The Morgan fingerprint density at radius 3 is 2.41 bits per heavy atom. The van der Waals surface area contributed by atoms with Crippen LogP contribution in [0.2, 0.25) is 0 Å². The molecule has 4 heteroatoms. The second-order valence-corrected chi connectivity index (χ2v) is 4.77. The van der Waals surface area contributed by atoms with Gasteiger partial charge in [0, 0.05) is 19.3 Å². The van der Waals surface area contributed by atoms with E-state index in [0.29, 0.717) is 12.0 Å². The van der Waals surface area contributed by atoms with E-state index in [1.807, 2.05) is 14.0 Å². The topological polar surface area (TPSA) is 53.4 Å². The van der Waals surface area contributed by atoms with Crippen molar-refractivity contribution in [2.24, 2.45) is 5.92 Å². The quantitative estimate of drug-likeness (QED) is 0.873. The first-order chi connectivity index (χ1) is 7.84. The van der Waals surface area contributed by atoms with Crippen molar-refractivity contribution in [3.05, 3.63) is 23.4 Å². The van der Waals surface area contributed by atoms with Crippen molar-refractivity contribution >= 4 is 11.8 Å². The van der Waals surface area contributed by atoms with Crippen LogP contribution in [0.25, 0.3) is 0 Å². The summed E-state index contributed by atoms with van der Waals surface area (Å²) in [6, 6.07) is 2.02. The van der Waals surface area contributed by atoms with Gasteiger partial charge in [0.1, 0.15) is 5.82 Å². The average molecular weight is 236 g/mol. The Balaban J connectivity index is 3.03. The second kappa shape index (κ2) is 5.17. The monoisotopic (exact) mass is 236 g/mol. The Bertz CT molecular complexity index is 416. The summed E-state index contributed by atoms with van der Waals surface area (Å²) >= 11 is 0. The highest BCUT2D eigenvalue weighted by Gasteiger charge is 2.17. The smallest absolute Gasteiger partial charge is 0.337 e. The van der Waals surface area contributed by atoms with Gasteiger partial charge in [0.05, 0.1) is 5.56 Å². The van der Waals surface area contributed by atoms with Gasteiger partial charge < -0.3 is 10.0 Å². The standard InChI is InChI=1S/C13H20N2O2/c1-8(2)10(4)15(5)12-9(3)6-11(7-14-12)13(16)17/h6-8,10H,1-5H3,(H,16,17). The number of aryl methyl sites for hydroxylation is 1. The highest BCUT2D eigenvalue weighted by molar-refractivity contribution is 5.87. The van der Waals surface area contributed by atoms with Gasteiger partial charge in [0.25, 0.3) is 0 Å². The average Bonchev–Trinajstić information content (AvgIpc) is 2.26. The summed E-state index contributed by atoms with van der Waals surface area (Å²) in [5, 5.41) is 8.88. The predicted molar refractivity (Wildman–Crippen MR) is 68.6 cm³/mol. The van der Waals surface area contributed by atoms with Crippen LogP contribution in [0.3, 0.4) is 0 Å². The molecule has 0 spiro atoms. The molecule has 1 rings (SSSR count). The maximum absolute atomic E-state index is 10.8. The van der Waals surface area contributed by atoms with Crippen molar-refractivity contribution < 1.29 is 9.90 Å². The van der Waals surface area contributed by atoms with Crippen LogP contribution in [0.4, 0.5) is 5.82 Å². The van der Waals surface area contributed by atoms with E-state index in [0.717, 1.165) is 11.4 Å². The van der Waals surface area contributed by atoms with Crippen molar-refractivity contribution in [2.75, 3.05) is 11.9 Å². The Hall–Kier alpha value is -1.58. The van der Waals surface area contributed by atoms with Gasteiger partial charge in [-0.15, -0.1) is 0 Å². The molecule has 1 unspecified atom stereocenters. The van der Waals surface area contributed by atoms with Gasteiger partial charge in [-0.1, -0.05) is 13.8 Å². The van der Waals surface area contributed by atoms with E-state index in [1.165, 1.54) is 6.20 Å². The molecule has 4 nitrogen and oxygen atoms in total. The number of rotatable bonds is 4. The molecule has 1 N–H and O–H groups in total. The highest BCUT2D eigenvalue weighted by Crippen LogP contribution is 2.21. The van der Waals surface area contributed by atoms with E-state index in [2.05, 4.69) is 30.7 Å². The Labute approximate surface area is 102 Å². The number of anilines is 1. The van der Waals surface area contributed by atoms with Crippen molar-refractivity contribution in [1.29, 1.82) is 0 Å². The Kier molecular flexibility index (Phi) is 4.10. The SMILES string of the molecule is Cc1cc(C(=O)O)cnc1N(C)C(C)C(C)C. The number of hydrogen-bond acceptors (Lipinski definition) is 3. The molecule has 17 heavy (non-hydrogen) atoms. The lowest BCUT2D eigenvalue weighted by atomic mass is 10.0. The molecule has 1 aromatic heterocycles. The molecule has 0 aliphatic carbocycles. The summed E-state index contributed by atoms with van der Waals surface area (Å²) in [4.78, 5) is 17.2. The lowest BCUT2D eigenvalue weighted by molar-refractivity contribution is 0.0696. The molecule has 1 aromatic rings. The van der Waals surface area contributed by atoms with Gasteiger partial charge in [-0.2, -0.15) is 0 Å². The number of aromatic carboxylic acids is 1. The number of carbonyl (C=O) groups is 1. The number of carboxylic acids is 1. The first kappa shape index (κ1) is 13.5. The molecule has 0 amide bonds. The Morgan fingerprint density at radius 2 is 2.00 bits per heavy atom. The molecule has 0 aromatic carbocycles. The fourth-order valence-corrected chi connectivity index (χ4v) is 1.69. The minimum absolute atomic E-state index is 0.233. The fraction of sp³-hybridized carbons (Fsp3) is 0.538. The third kappa shape index (κ3) is 2.96. The lowest BCUT2D eigenvalue weighted by Crippen LogP contribution is -2.34. The molecule has 0 bridgehead atoms. The number of hydrogen-bond donors (Lipinski definition) is 1. The number of carboxylic acid groups (broad SMARTS) is 1. The Morgan fingerprint density at radius 1 is 1.41 bits per heavy atom. The maximum atomic E-state index is 10.8. The van der Waals surface area contributed by atoms with Crippen LogP contribution in [-0.2, 0) is 0 Å². The molecule has 0 aliphatic heterocycles. The van der Waals surface area contributed by atoms with E-state index in [-0.39, 0.29) is 5.56 Å². The molecule has 0 aliphatic rings. The third-order valence-corrected chi connectivity index (χ3v) is 3.21. The van der Waals surface area contributed by atoms with Crippen LogP contribution in [0.1, 0.15) is 36.7 Å². The third-order valence-electron chi connectivity index (χ3n) is 3.21. The summed E-state index contributed by atoms with van der Waals surface area (Å²) < 4.78 is 0. The summed E-state index contributed by atoms with van der Waals surface area (Å²) in [6.45, 7) is 8.33. The largest absolute Gasteiger partial charge is 0.478 e. The van der Waals surface area contributed by atoms with E-state index in [9.17, 15) is 4.79 Å². The molecule has 1 heterocycles. The first-order valence-electron chi connectivity index (χ1n) is 5.77. The molecular weight excluding hydrogens is 216 g/mol. The zero-order valence-corrected chi connectivity index (χ0v) is 11.1. The van der Waals surface area contributed by atoms with Gasteiger partial charge in [0.15, 0.2) is 0 Å². The number of pyridine rings is 1. The van der Waals surface area contributed by atoms with Gasteiger partial charge in [-0.3, -0.25) is 0 Å². The van der Waals surface area contributed by atoms with Crippen molar-refractivity contribution in [2.45, 2.75) is 33.7 Å². The van der Waals surface area contributed by atoms with E-state index in [1.54, 1.807) is 6.07 Å². The molecule has 0 saturated carbocycles. The predicted octanol–water partition coefficient (Wildman–Crippen LogP) is 2.57. The normalized spacial score (nSPS) is 12.6. The zero-order valence-electron chi connectivity index (χ0n) is 11.1. The van der Waals surface area contributed by atoms with E-state index >= 15 is 0 Å². The first-order valence-corrected chi connectivity index (χ1v) is 5.77. The summed E-state index contributed by atoms with van der Waals surface area (Å²) in [5.74, 6) is 0.420. The number of aromatic nitrogens is 1. The van der Waals surface area contributed by atoms with Crippen molar-refractivity contribution in [3.63, 3.8) is 0 Å². The van der Waals surface area contributed by atoms with Crippen LogP contribution in [-0.4, -0.2) is 29.1 Å². The molecular formula is C13H20N2O2. The highest BCUT2D eigenvalue weighted by atomic mass is 16.4. The molecule has 0 radical (unpaired) electrons. The van der Waals surface area contributed by atoms with E-state index in [4.69, 9.17) is 5.11 Å². The minimum Gasteiger partial charge on any atom is -0.478 e. The zero-order chi connectivity index (χ0) is 13.2. The second-order valence-electron chi connectivity index (χ2n) is 4.77. The van der Waals surface area contributed by atoms with Gasteiger partial charge in [-0.05, 0) is 31.4 Å². The lowest BCUT2D eigenvalue weighted by Gasteiger charge is -2.30. The van der Waals surface area contributed by atoms with Gasteiger partial charge in [0.2, 0.25) is 0 Å². The van der Waals surface area contributed by atoms with Gasteiger partial charge >= 0.3 is 5.97 Å². The van der Waals surface area contributed by atoms with Crippen LogP contribution in [0.15, 0.2) is 12.3 Å². The van der Waals surface area contributed by atoms with Gasteiger partial charge in [-0.25, -0.2) is 9.78 Å². The molecule has 94 valence electrons. The minimum atomic E-state index is -0.938. The molecule has 0 fully saturated rings. The van der Waals surface area contributed by atoms with Crippen LogP contribution >= 0.6 is 0 Å². The molecule has 0 saturated heterocycles. The van der Waals surface area contributed by atoms with Crippen LogP contribution < -0.4 is 4.90 Å².